The molecule has 0 aromatic carbocycles. The maximum Gasteiger partial charge on any atom is 0.217 e. The van der Waals surface area contributed by atoms with Crippen molar-refractivity contribution in [2.75, 3.05) is 13.6 Å². The van der Waals surface area contributed by atoms with Crippen molar-refractivity contribution < 1.29 is 4.79 Å². The highest BCUT2D eigenvalue weighted by Gasteiger charge is 1.91. The summed E-state index contributed by atoms with van der Waals surface area (Å²) in [5.74, 6) is -0.253. The Morgan fingerprint density at radius 1 is 1.42 bits per heavy atom. The van der Waals surface area contributed by atoms with Gasteiger partial charge >= 0.3 is 0 Å². The van der Waals surface area contributed by atoms with E-state index < -0.39 is 0 Å². The lowest BCUT2D eigenvalue weighted by Gasteiger charge is -1.92. The number of hydrogen-bond acceptors (Lipinski definition) is 3. The number of rotatable bonds is 5. The molecule has 0 unspecified atom stereocenters. The maximum atomic E-state index is 10.2. The van der Waals surface area contributed by atoms with Crippen molar-refractivity contribution in [2.24, 2.45) is 22.2 Å². The van der Waals surface area contributed by atoms with Crippen LogP contribution < -0.4 is 17.2 Å². The highest BCUT2D eigenvalue weighted by Crippen LogP contribution is 1.93. The van der Waals surface area contributed by atoms with E-state index in [2.05, 4.69) is 10.7 Å². The molecule has 0 aliphatic rings. The van der Waals surface area contributed by atoms with Crippen LogP contribution >= 0.6 is 0 Å². The first-order valence-electron chi connectivity index (χ1n) is 3.83. The summed E-state index contributed by atoms with van der Waals surface area (Å²) in [5.41, 5.74) is 14.4. The fraction of sp³-hybridized carbons (Fsp3) is 0.714. The molecule has 6 N–H and O–H groups in total. The quantitative estimate of drug-likeness (QED) is 0.288. The molecule has 12 heavy (non-hydrogen) atoms. The molecule has 72 valence electrons. The second kappa shape index (κ2) is 12.6. The molecule has 5 nitrogen and oxygen atoms in total. The largest absolute Gasteiger partial charge is 0.390 e. The molecule has 0 aromatic rings. The summed E-state index contributed by atoms with van der Waals surface area (Å²) in [5, 5.41) is 0. The van der Waals surface area contributed by atoms with Crippen molar-refractivity contribution in [1.82, 2.24) is 0 Å². The molecule has 0 radical (unpaired) electrons. The van der Waals surface area contributed by atoms with Crippen molar-refractivity contribution in [3.63, 3.8) is 0 Å². The lowest BCUT2D eigenvalue weighted by Crippen LogP contribution is -2.09. The molecule has 0 aliphatic carbocycles. The van der Waals surface area contributed by atoms with Crippen LogP contribution in [-0.4, -0.2) is 25.8 Å². The molecule has 0 saturated carbocycles. The number of primary amides is 1. The number of amides is 1. The Morgan fingerprint density at radius 2 is 2.00 bits per heavy atom. The van der Waals surface area contributed by atoms with Crippen LogP contribution in [0.15, 0.2) is 4.99 Å². The Morgan fingerprint density at radius 3 is 2.42 bits per heavy atom. The molecular formula is C7H18N4O. The molecule has 5 heteroatoms. The zero-order valence-electron chi connectivity index (χ0n) is 7.49. The minimum Gasteiger partial charge on any atom is -0.390 e. The third kappa shape index (κ3) is 16.0. The summed E-state index contributed by atoms with van der Waals surface area (Å²) in [6.07, 6.45) is 3.38. The van der Waals surface area contributed by atoms with Gasteiger partial charge in [-0.3, -0.25) is 9.79 Å². The van der Waals surface area contributed by atoms with Crippen LogP contribution in [-0.2, 0) is 4.79 Å². The monoisotopic (exact) mass is 174 g/mol. The van der Waals surface area contributed by atoms with Gasteiger partial charge in [0, 0.05) is 13.0 Å². The van der Waals surface area contributed by atoms with Crippen molar-refractivity contribution in [1.29, 1.82) is 0 Å². The molecule has 0 aromatic heterocycles. The van der Waals surface area contributed by atoms with E-state index in [4.69, 9.17) is 11.5 Å². The molecular weight excluding hydrogens is 156 g/mol. The summed E-state index contributed by atoms with van der Waals surface area (Å²) in [4.78, 5) is 14.0. The lowest BCUT2D eigenvalue weighted by atomic mass is 10.2. The van der Waals surface area contributed by atoms with E-state index >= 15 is 0 Å². The zero-order valence-corrected chi connectivity index (χ0v) is 7.49. The molecule has 0 fully saturated rings. The van der Waals surface area contributed by atoms with E-state index in [1.165, 1.54) is 13.4 Å². The van der Waals surface area contributed by atoms with Crippen LogP contribution in [0.1, 0.15) is 19.3 Å². The van der Waals surface area contributed by atoms with Crippen LogP contribution in [0.2, 0.25) is 0 Å². The number of unbranched alkanes of at least 4 members (excludes halogenated alkanes) is 1. The highest BCUT2D eigenvalue weighted by molar-refractivity contribution is 5.73. The molecule has 0 aliphatic heterocycles. The predicted molar refractivity (Wildman–Crippen MR) is 50.7 cm³/mol. The van der Waals surface area contributed by atoms with Crippen LogP contribution in [0.4, 0.5) is 0 Å². The van der Waals surface area contributed by atoms with Crippen LogP contribution in [0.25, 0.3) is 0 Å². The summed E-state index contributed by atoms with van der Waals surface area (Å²) >= 11 is 0. The van der Waals surface area contributed by atoms with Gasteiger partial charge in [0.05, 0.1) is 6.34 Å². The topological polar surface area (TPSA) is 107 Å². The summed E-state index contributed by atoms with van der Waals surface area (Å²) in [7, 11) is 1.50. The maximum absolute atomic E-state index is 10.2. The van der Waals surface area contributed by atoms with E-state index in [0.29, 0.717) is 13.0 Å². The Labute approximate surface area is 73.0 Å². The van der Waals surface area contributed by atoms with Gasteiger partial charge in [-0.25, -0.2) is 0 Å². The number of nitrogens with two attached hydrogens (primary N) is 3. The number of nitrogens with zero attached hydrogens (tertiary/aromatic N) is 1. The number of hydrogen-bond donors (Lipinski definition) is 3. The first kappa shape index (κ1) is 13.5. The fourth-order valence-corrected chi connectivity index (χ4v) is 0.577. The fourth-order valence-electron chi connectivity index (χ4n) is 0.577. The van der Waals surface area contributed by atoms with Crippen molar-refractivity contribution in [2.45, 2.75) is 19.3 Å². The predicted octanol–water partition coefficient (Wildman–Crippen LogP) is -0.796. The van der Waals surface area contributed by atoms with E-state index in [1.807, 2.05) is 0 Å². The van der Waals surface area contributed by atoms with Gasteiger partial charge in [-0.05, 0) is 19.9 Å². The lowest BCUT2D eigenvalue weighted by molar-refractivity contribution is -0.118. The minimum atomic E-state index is -0.253. The van der Waals surface area contributed by atoms with Gasteiger partial charge in [0.2, 0.25) is 5.91 Å². The van der Waals surface area contributed by atoms with Gasteiger partial charge in [0.1, 0.15) is 0 Å². The third-order valence-electron chi connectivity index (χ3n) is 1.07. The number of carbonyl (C=O) groups is 1. The summed E-state index contributed by atoms with van der Waals surface area (Å²) in [6, 6.07) is 0. The van der Waals surface area contributed by atoms with Gasteiger partial charge in [0.25, 0.3) is 0 Å². The molecule has 0 bridgehead atoms. The minimum absolute atomic E-state index is 0.253. The second-order valence-corrected chi connectivity index (χ2v) is 1.98. The molecule has 0 atom stereocenters. The third-order valence-corrected chi connectivity index (χ3v) is 1.07. The van der Waals surface area contributed by atoms with Crippen LogP contribution in [0.3, 0.4) is 0 Å². The molecule has 0 saturated heterocycles. The second-order valence-electron chi connectivity index (χ2n) is 1.98. The van der Waals surface area contributed by atoms with E-state index in [9.17, 15) is 4.79 Å². The normalized spacial score (nSPS) is 9.17. The summed E-state index contributed by atoms with van der Waals surface area (Å²) < 4.78 is 0. The van der Waals surface area contributed by atoms with Gasteiger partial charge in [0.15, 0.2) is 0 Å². The van der Waals surface area contributed by atoms with Gasteiger partial charge in [-0.1, -0.05) is 0 Å². The summed E-state index contributed by atoms with van der Waals surface area (Å²) in [6.45, 7) is 0.684. The van der Waals surface area contributed by atoms with E-state index in [1.54, 1.807) is 0 Å². The number of aliphatic imine (C=N–C) groups is 1. The average Bonchev–Trinajstić information content (AvgIpc) is 2.07. The Kier molecular flexibility index (Phi) is 14.1. The van der Waals surface area contributed by atoms with E-state index in [-0.39, 0.29) is 5.91 Å². The molecule has 0 spiro atoms. The van der Waals surface area contributed by atoms with Crippen LogP contribution in [0.5, 0.6) is 0 Å². The molecule has 0 heterocycles. The van der Waals surface area contributed by atoms with Crippen molar-refractivity contribution in [3.8, 4) is 0 Å². The smallest absolute Gasteiger partial charge is 0.217 e. The average molecular weight is 174 g/mol. The Balaban J connectivity index is 0. The van der Waals surface area contributed by atoms with Gasteiger partial charge in [-0.15, -0.1) is 0 Å². The SMILES string of the molecule is CN.NC=NCCCCC(N)=O. The first-order valence-corrected chi connectivity index (χ1v) is 3.83. The Bertz CT molecular complexity index is 125. The molecule has 1 amide bonds. The standard InChI is InChI=1S/C6H13N3O.CH5N/c7-5-9-4-2-1-3-6(8)10;1-2/h5H,1-4H2,(H2,7,9)(H2,8,10);2H2,1H3. The highest BCUT2D eigenvalue weighted by atomic mass is 16.1. The van der Waals surface area contributed by atoms with Gasteiger partial charge in [-0.2, -0.15) is 0 Å². The van der Waals surface area contributed by atoms with E-state index in [0.717, 1.165) is 12.8 Å². The first-order chi connectivity index (χ1) is 5.77. The van der Waals surface area contributed by atoms with Gasteiger partial charge < -0.3 is 17.2 Å². The zero-order chi connectivity index (χ0) is 9.82. The molecule has 0 rings (SSSR count). The van der Waals surface area contributed by atoms with Crippen LogP contribution in [0, 0.1) is 0 Å². The Hall–Kier alpha value is -1.10. The van der Waals surface area contributed by atoms with Crippen molar-refractivity contribution >= 4 is 12.2 Å². The number of carbonyl (C=O) groups excluding carboxylic acids is 1. The van der Waals surface area contributed by atoms with Crippen molar-refractivity contribution in [3.05, 3.63) is 0 Å².